The summed E-state index contributed by atoms with van der Waals surface area (Å²) in [4.78, 5) is 29.4. The average Bonchev–Trinajstić information content (AvgIpc) is 3.03. The van der Waals surface area contributed by atoms with Gasteiger partial charge in [0, 0.05) is 49.1 Å². The van der Waals surface area contributed by atoms with Crippen LogP contribution in [0.1, 0.15) is 46.3 Å². The number of ether oxygens (including phenoxy) is 2. The number of benzene rings is 2. The lowest BCUT2D eigenvalue weighted by Gasteiger charge is -2.35. The van der Waals surface area contributed by atoms with Gasteiger partial charge in [-0.1, -0.05) is 18.2 Å². The van der Waals surface area contributed by atoms with E-state index in [1.807, 2.05) is 67.3 Å². The number of anilines is 1. The molecule has 7 nitrogen and oxygen atoms in total. The van der Waals surface area contributed by atoms with E-state index in [0.29, 0.717) is 37.4 Å². The first-order valence-electron chi connectivity index (χ1n) is 10.7. The van der Waals surface area contributed by atoms with E-state index in [2.05, 4.69) is 5.32 Å². The van der Waals surface area contributed by atoms with Crippen molar-refractivity contribution in [2.24, 2.45) is 0 Å². The van der Waals surface area contributed by atoms with Crippen molar-refractivity contribution in [2.75, 3.05) is 38.7 Å². The van der Waals surface area contributed by atoms with Gasteiger partial charge < -0.3 is 24.6 Å². The molecule has 1 fully saturated rings. The van der Waals surface area contributed by atoms with E-state index in [1.165, 1.54) is 0 Å². The van der Waals surface area contributed by atoms with Crippen LogP contribution in [0.2, 0.25) is 0 Å². The molecule has 4 rings (SSSR count). The Bertz CT molecular complexity index is 936. The van der Waals surface area contributed by atoms with Gasteiger partial charge in [0.05, 0.1) is 18.8 Å². The molecule has 0 bridgehead atoms. The van der Waals surface area contributed by atoms with Crippen molar-refractivity contribution in [3.05, 3.63) is 65.2 Å². The quantitative estimate of drug-likeness (QED) is 0.773. The molecule has 164 valence electrons. The van der Waals surface area contributed by atoms with Gasteiger partial charge in [-0.15, -0.1) is 0 Å². The fraction of sp³-hybridized carbons (Fsp3) is 0.417. The summed E-state index contributed by atoms with van der Waals surface area (Å²) in [5, 5.41) is 3.45. The zero-order chi connectivity index (χ0) is 22.0. The Hall–Kier alpha value is -2.90. The second kappa shape index (κ2) is 9.08. The molecule has 1 saturated heterocycles. The van der Waals surface area contributed by atoms with Gasteiger partial charge in [-0.05, 0) is 44.2 Å². The SMILES string of the molecule is COCCN1C(=O)c2ccccc2[C@H]1Nc1ccc(C(=O)N2C[C@@H](C)O[C@H](C)C2)cc1. The first-order chi connectivity index (χ1) is 15.0. The smallest absolute Gasteiger partial charge is 0.256 e. The Morgan fingerprint density at radius 2 is 1.77 bits per heavy atom. The Morgan fingerprint density at radius 3 is 2.45 bits per heavy atom. The Morgan fingerprint density at radius 1 is 1.10 bits per heavy atom. The molecule has 31 heavy (non-hydrogen) atoms. The molecule has 0 saturated carbocycles. The summed E-state index contributed by atoms with van der Waals surface area (Å²) in [7, 11) is 1.63. The van der Waals surface area contributed by atoms with Crippen LogP contribution in [0.3, 0.4) is 0 Å². The lowest BCUT2D eigenvalue weighted by molar-refractivity contribution is -0.0586. The van der Waals surface area contributed by atoms with E-state index < -0.39 is 0 Å². The molecular weight excluding hydrogens is 394 g/mol. The van der Waals surface area contributed by atoms with E-state index in [1.54, 1.807) is 12.0 Å². The van der Waals surface area contributed by atoms with Crippen LogP contribution >= 0.6 is 0 Å². The first-order valence-corrected chi connectivity index (χ1v) is 10.7. The number of hydrogen-bond acceptors (Lipinski definition) is 5. The standard InChI is InChI=1S/C24H29N3O4/c1-16-14-26(15-17(2)31-16)23(28)18-8-10-19(11-9-18)25-22-20-6-4-5-7-21(20)24(29)27(22)12-13-30-3/h4-11,16-17,22,25H,12-15H2,1-3H3/t16-,17-,22+/m1/s1. The Labute approximate surface area is 182 Å². The number of hydrogen-bond donors (Lipinski definition) is 1. The lowest BCUT2D eigenvalue weighted by Crippen LogP contribution is -2.48. The molecular formula is C24H29N3O4. The summed E-state index contributed by atoms with van der Waals surface area (Å²) < 4.78 is 10.9. The van der Waals surface area contributed by atoms with Gasteiger partial charge in [-0.3, -0.25) is 9.59 Å². The van der Waals surface area contributed by atoms with Crippen LogP contribution < -0.4 is 5.32 Å². The second-order valence-electron chi connectivity index (χ2n) is 8.17. The van der Waals surface area contributed by atoms with E-state index in [-0.39, 0.29) is 30.2 Å². The summed E-state index contributed by atoms with van der Waals surface area (Å²) in [6, 6.07) is 15.1. The molecule has 0 radical (unpaired) electrons. The maximum atomic E-state index is 12.9. The van der Waals surface area contributed by atoms with Crippen LogP contribution in [-0.2, 0) is 9.47 Å². The summed E-state index contributed by atoms with van der Waals surface area (Å²) >= 11 is 0. The summed E-state index contributed by atoms with van der Waals surface area (Å²) in [6.07, 6.45) is -0.209. The number of amides is 2. The third-order valence-corrected chi connectivity index (χ3v) is 5.74. The van der Waals surface area contributed by atoms with E-state index in [0.717, 1.165) is 11.3 Å². The summed E-state index contributed by atoms with van der Waals surface area (Å²) in [5.41, 5.74) is 3.14. The van der Waals surface area contributed by atoms with Gasteiger partial charge in [0.1, 0.15) is 6.17 Å². The number of fused-ring (bicyclic) bond motifs is 1. The number of nitrogens with one attached hydrogen (secondary N) is 1. The molecule has 2 aromatic rings. The minimum Gasteiger partial charge on any atom is -0.383 e. The minimum atomic E-state index is -0.277. The Kier molecular flexibility index (Phi) is 6.25. The molecule has 2 aliphatic heterocycles. The molecule has 2 aliphatic rings. The van der Waals surface area contributed by atoms with Crippen molar-refractivity contribution in [1.82, 2.24) is 9.80 Å². The maximum absolute atomic E-state index is 12.9. The topological polar surface area (TPSA) is 71.1 Å². The number of carbonyl (C=O) groups is 2. The van der Waals surface area contributed by atoms with Crippen molar-refractivity contribution in [1.29, 1.82) is 0 Å². The van der Waals surface area contributed by atoms with Crippen molar-refractivity contribution < 1.29 is 19.1 Å². The molecule has 0 spiro atoms. The molecule has 2 heterocycles. The lowest BCUT2D eigenvalue weighted by atomic mass is 10.1. The van der Waals surface area contributed by atoms with Crippen LogP contribution in [0.15, 0.2) is 48.5 Å². The fourth-order valence-corrected chi connectivity index (χ4v) is 4.34. The highest BCUT2D eigenvalue weighted by atomic mass is 16.5. The predicted octanol–water partition coefficient (Wildman–Crippen LogP) is 3.15. The van der Waals surface area contributed by atoms with Crippen LogP contribution in [0.25, 0.3) is 0 Å². The van der Waals surface area contributed by atoms with Gasteiger partial charge >= 0.3 is 0 Å². The number of carbonyl (C=O) groups excluding carboxylic acids is 2. The molecule has 0 aliphatic carbocycles. The summed E-state index contributed by atoms with van der Waals surface area (Å²) in [5.74, 6) is 0.00386. The number of rotatable bonds is 6. The normalized spacial score (nSPS) is 23.1. The zero-order valence-electron chi connectivity index (χ0n) is 18.2. The van der Waals surface area contributed by atoms with Gasteiger partial charge in [0.2, 0.25) is 0 Å². The van der Waals surface area contributed by atoms with Crippen LogP contribution in [0.4, 0.5) is 5.69 Å². The fourth-order valence-electron chi connectivity index (χ4n) is 4.34. The molecule has 2 aromatic carbocycles. The number of nitrogens with zero attached hydrogens (tertiary/aromatic N) is 2. The van der Waals surface area contributed by atoms with Gasteiger partial charge in [-0.2, -0.15) is 0 Å². The third kappa shape index (κ3) is 4.43. The van der Waals surface area contributed by atoms with E-state index >= 15 is 0 Å². The van der Waals surface area contributed by atoms with Gasteiger partial charge in [0.25, 0.3) is 11.8 Å². The van der Waals surface area contributed by atoms with Crippen molar-refractivity contribution in [2.45, 2.75) is 32.2 Å². The second-order valence-corrected chi connectivity index (χ2v) is 8.17. The van der Waals surface area contributed by atoms with E-state index in [9.17, 15) is 9.59 Å². The van der Waals surface area contributed by atoms with Crippen LogP contribution in [0.5, 0.6) is 0 Å². The molecule has 1 N–H and O–H groups in total. The van der Waals surface area contributed by atoms with Gasteiger partial charge in [0.15, 0.2) is 0 Å². The highest BCUT2D eigenvalue weighted by Crippen LogP contribution is 2.34. The van der Waals surface area contributed by atoms with Crippen molar-refractivity contribution in [3.8, 4) is 0 Å². The average molecular weight is 424 g/mol. The monoisotopic (exact) mass is 423 g/mol. The molecule has 0 aromatic heterocycles. The van der Waals surface area contributed by atoms with E-state index in [4.69, 9.17) is 9.47 Å². The summed E-state index contributed by atoms with van der Waals surface area (Å²) in [6.45, 7) is 6.11. The maximum Gasteiger partial charge on any atom is 0.256 e. The molecule has 2 amide bonds. The third-order valence-electron chi connectivity index (χ3n) is 5.74. The molecule has 3 atom stereocenters. The largest absolute Gasteiger partial charge is 0.383 e. The highest BCUT2D eigenvalue weighted by Gasteiger charge is 2.36. The first kappa shape index (κ1) is 21.3. The predicted molar refractivity (Wildman–Crippen MR) is 118 cm³/mol. The van der Waals surface area contributed by atoms with Crippen molar-refractivity contribution >= 4 is 17.5 Å². The minimum absolute atomic E-state index is 0.00694. The number of morpholine rings is 1. The number of methoxy groups -OCH3 is 1. The zero-order valence-corrected chi connectivity index (χ0v) is 18.2. The van der Waals surface area contributed by atoms with Gasteiger partial charge in [-0.25, -0.2) is 0 Å². The Balaban J connectivity index is 1.50. The van der Waals surface area contributed by atoms with Crippen LogP contribution in [0, 0.1) is 0 Å². The van der Waals surface area contributed by atoms with Crippen LogP contribution in [-0.4, -0.2) is 67.2 Å². The molecule has 0 unspecified atom stereocenters. The van der Waals surface area contributed by atoms with Crippen molar-refractivity contribution in [3.63, 3.8) is 0 Å². The molecule has 7 heteroatoms. The highest BCUT2D eigenvalue weighted by molar-refractivity contribution is 5.99.